The molecule has 1 aliphatic carbocycles. The van der Waals surface area contributed by atoms with Crippen molar-refractivity contribution in [3.63, 3.8) is 0 Å². The molecule has 5 heteroatoms. The molecule has 0 aromatic heterocycles. The molecule has 124 valence electrons. The van der Waals surface area contributed by atoms with Crippen molar-refractivity contribution in [3.8, 4) is 0 Å². The Labute approximate surface area is 141 Å². The van der Waals surface area contributed by atoms with E-state index in [-0.39, 0.29) is 30.2 Å². The first-order valence-electron chi connectivity index (χ1n) is 8.13. The van der Waals surface area contributed by atoms with E-state index in [9.17, 15) is 9.59 Å². The molecule has 2 aromatic rings. The third-order valence-electron chi connectivity index (χ3n) is 4.02. The van der Waals surface area contributed by atoms with E-state index in [1.807, 2.05) is 30.3 Å². The highest BCUT2D eigenvalue weighted by molar-refractivity contribution is 5.95. The van der Waals surface area contributed by atoms with Gasteiger partial charge in [0.2, 0.25) is 11.8 Å². The summed E-state index contributed by atoms with van der Waals surface area (Å²) in [5, 5.41) is 5.69. The maximum atomic E-state index is 12.1. The molecule has 1 fully saturated rings. The van der Waals surface area contributed by atoms with Crippen molar-refractivity contribution in [2.75, 3.05) is 10.6 Å². The Morgan fingerprint density at radius 1 is 0.958 bits per heavy atom. The summed E-state index contributed by atoms with van der Waals surface area (Å²) in [7, 11) is 0. The van der Waals surface area contributed by atoms with Crippen LogP contribution in [-0.4, -0.2) is 11.8 Å². The summed E-state index contributed by atoms with van der Waals surface area (Å²) in [4.78, 5) is 23.8. The van der Waals surface area contributed by atoms with Gasteiger partial charge in [0, 0.05) is 29.8 Å². The molecule has 0 saturated heterocycles. The van der Waals surface area contributed by atoms with E-state index < -0.39 is 0 Å². The lowest BCUT2D eigenvalue weighted by atomic mass is 10.0. The first kappa shape index (κ1) is 16.2. The molecule has 2 amide bonds. The van der Waals surface area contributed by atoms with Gasteiger partial charge in [0.25, 0.3) is 0 Å². The second-order valence-electron chi connectivity index (χ2n) is 6.11. The average molecular weight is 323 g/mol. The summed E-state index contributed by atoms with van der Waals surface area (Å²) < 4.78 is 0. The van der Waals surface area contributed by atoms with Crippen LogP contribution in [0.15, 0.2) is 54.6 Å². The number of amides is 2. The number of nitrogens with two attached hydrogens (primary N) is 1. The monoisotopic (exact) mass is 323 g/mol. The van der Waals surface area contributed by atoms with Crippen molar-refractivity contribution in [3.05, 3.63) is 60.2 Å². The first-order valence-corrected chi connectivity index (χ1v) is 8.13. The lowest BCUT2D eigenvalue weighted by Gasteiger charge is -2.12. The van der Waals surface area contributed by atoms with E-state index in [1.165, 1.54) is 0 Å². The second-order valence-corrected chi connectivity index (χ2v) is 6.11. The van der Waals surface area contributed by atoms with Crippen molar-refractivity contribution in [2.45, 2.75) is 25.3 Å². The quantitative estimate of drug-likeness (QED) is 0.764. The van der Waals surface area contributed by atoms with Crippen LogP contribution >= 0.6 is 0 Å². The van der Waals surface area contributed by atoms with Crippen LogP contribution in [0.4, 0.5) is 11.4 Å². The van der Waals surface area contributed by atoms with E-state index in [0.29, 0.717) is 5.69 Å². The van der Waals surface area contributed by atoms with Crippen LogP contribution in [0.1, 0.15) is 30.9 Å². The largest absolute Gasteiger partial charge is 0.326 e. The van der Waals surface area contributed by atoms with Crippen LogP contribution in [0, 0.1) is 5.92 Å². The minimum absolute atomic E-state index is 0.0700. The van der Waals surface area contributed by atoms with Gasteiger partial charge in [-0.2, -0.15) is 0 Å². The number of benzene rings is 2. The molecule has 0 spiro atoms. The molecule has 3 rings (SSSR count). The van der Waals surface area contributed by atoms with Crippen LogP contribution in [0.2, 0.25) is 0 Å². The highest BCUT2D eigenvalue weighted by Gasteiger charge is 2.29. The van der Waals surface area contributed by atoms with Crippen molar-refractivity contribution < 1.29 is 9.59 Å². The molecular formula is C19H21N3O2. The van der Waals surface area contributed by atoms with Crippen molar-refractivity contribution >= 4 is 23.2 Å². The fourth-order valence-electron chi connectivity index (χ4n) is 2.46. The third kappa shape index (κ3) is 4.43. The van der Waals surface area contributed by atoms with Gasteiger partial charge in [0.15, 0.2) is 0 Å². The van der Waals surface area contributed by atoms with Gasteiger partial charge in [0.1, 0.15) is 0 Å². The smallest absolute Gasteiger partial charge is 0.227 e. The maximum Gasteiger partial charge on any atom is 0.227 e. The molecule has 2 aromatic carbocycles. The SMILES string of the molecule is NC(CC(=O)Nc1ccc(NC(=O)C2CC2)cc1)c1ccccc1. The van der Waals surface area contributed by atoms with Crippen LogP contribution < -0.4 is 16.4 Å². The van der Waals surface area contributed by atoms with Gasteiger partial charge >= 0.3 is 0 Å². The number of rotatable bonds is 6. The van der Waals surface area contributed by atoms with Gasteiger partial charge in [-0.05, 0) is 42.7 Å². The first-order chi connectivity index (χ1) is 11.6. The topological polar surface area (TPSA) is 84.2 Å². The molecule has 1 unspecified atom stereocenters. The fraction of sp³-hybridized carbons (Fsp3) is 0.263. The van der Waals surface area contributed by atoms with E-state index in [2.05, 4.69) is 10.6 Å². The van der Waals surface area contributed by atoms with Gasteiger partial charge < -0.3 is 16.4 Å². The molecule has 0 heterocycles. The molecule has 0 bridgehead atoms. The minimum atomic E-state index is -0.330. The van der Waals surface area contributed by atoms with E-state index in [0.717, 1.165) is 24.1 Å². The average Bonchev–Trinajstić information content (AvgIpc) is 3.42. The zero-order valence-electron chi connectivity index (χ0n) is 13.4. The van der Waals surface area contributed by atoms with Crippen LogP contribution in [0.25, 0.3) is 0 Å². The summed E-state index contributed by atoms with van der Waals surface area (Å²) in [6.07, 6.45) is 2.16. The fourth-order valence-corrected chi connectivity index (χ4v) is 2.46. The predicted molar refractivity (Wildman–Crippen MR) is 94.4 cm³/mol. The Morgan fingerprint density at radius 2 is 1.54 bits per heavy atom. The molecule has 0 radical (unpaired) electrons. The molecule has 5 nitrogen and oxygen atoms in total. The summed E-state index contributed by atoms with van der Waals surface area (Å²) in [5.41, 5.74) is 8.42. The Hall–Kier alpha value is -2.66. The number of hydrogen-bond acceptors (Lipinski definition) is 3. The van der Waals surface area contributed by atoms with Gasteiger partial charge in [0.05, 0.1) is 0 Å². The summed E-state index contributed by atoms with van der Waals surface area (Å²) >= 11 is 0. The Kier molecular flexibility index (Phi) is 4.91. The minimum Gasteiger partial charge on any atom is -0.326 e. The molecule has 24 heavy (non-hydrogen) atoms. The number of anilines is 2. The molecular weight excluding hydrogens is 302 g/mol. The lowest BCUT2D eigenvalue weighted by molar-refractivity contribution is -0.117. The van der Waals surface area contributed by atoms with Crippen LogP contribution in [0.3, 0.4) is 0 Å². The zero-order valence-corrected chi connectivity index (χ0v) is 13.4. The summed E-state index contributed by atoms with van der Waals surface area (Å²) in [6.45, 7) is 0. The van der Waals surface area contributed by atoms with Crippen molar-refractivity contribution in [1.29, 1.82) is 0 Å². The maximum absolute atomic E-state index is 12.1. The number of hydrogen-bond donors (Lipinski definition) is 3. The second kappa shape index (κ2) is 7.27. The predicted octanol–water partition coefficient (Wildman–Crippen LogP) is 3.06. The highest BCUT2D eigenvalue weighted by atomic mass is 16.2. The van der Waals surface area contributed by atoms with Gasteiger partial charge in [-0.3, -0.25) is 9.59 Å². The van der Waals surface area contributed by atoms with Crippen LogP contribution in [0.5, 0.6) is 0 Å². The van der Waals surface area contributed by atoms with Crippen molar-refractivity contribution in [1.82, 2.24) is 0 Å². The van der Waals surface area contributed by atoms with E-state index in [1.54, 1.807) is 24.3 Å². The zero-order chi connectivity index (χ0) is 16.9. The number of carbonyl (C=O) groups excluding carboxylic acids is 2. The van der Waals surface area contributed by atoms with Gasteiger partial charge in [-0.25, -0.2) is 0 Å². The molecule has 1 saturated carbocycles. The Balaban J connectivity index is 1.51. The van der Waals surface area contributed by atoms with E-state index >= 15 is 0 Å². The summed E-state index contributed by atoms with van der Waals surface area (Å²) in [6, 6.07) is 16.3. The Bertz CT molecular complexity index is 709. The molecule has 4 N–H and O–H groups in total. The van der Waals surface area contributed by atoms with Gasteiger partial charge in [-0.15, -0.1) is 0 Å². The number of nitrogens with one attached hydrogen (secondary N) is 2. The standard InChI is InChI=1S/C19H21N3O2/c20-17(13-4-2-1-3-5-13)12-18(23)21-15-8-10-16(11-9-15)22-19(24)14-6-7-14/h1-5,8-11,14,17H,6-7,12,20H2,(H,21,23)(H,22,24). The molecule has 1 aliphatic rings. The number of carbonyl (C=O) groups is 2. The molecule has 0 aliphatic heterocycles. The molecule has 1 atom stereocenters. The normalized spacial score (nSPS) is 14.7. The third-order valence-corrected chi connectivity index (χ3v) is 4.02. The van der Waals surface area contributed by atoms with Gasteiger partial charge in [-0.1, -0.05) is 30.3 Å². The van der Waals surface area contributed by atoms with Crippen molar-refractivity contribution in [2.24, 2.45) is 11.7 Å². The highest BCUT2D eigenvalue weighted by Crippen LogP contribution is 2.30. The Morgan fingerprint density at radius 3 is 2.12 bits per heavy atom. The summed E-state index contributed by atoms with van der Waals surface area (Å²) in [5.74, 6) is 0.102. The van der Waals surface area contributed by atoms with Crippen LogP contribution in [-0.2, 0) is 9.59 Å². The lowest BCUT2D eigenvalue weighted by Crippen LogP contribution is -2.20. The van der Waals surface area contributed by atoms with E-state index in [4.69, 9.17) is 5.73 Å².